The molecule has 3 N–H and O–H groups in total. The number of hydrogen-bond acceptors (Lipinski definition) is 4. The van der Waals surface area contributed by atoms with E-state index in [1.165, 1.54) is 6.20 Å². The van der Waals surface area contributed by atoms with Crippen molar-refractivity contribution in [3.63, 3.8) is 0 Å². The average Bonchev–Trinajstić information content (AvgIpc) is 2.29. The van der Waals surface area contributed by atoms with E-state index in [0.717, 1.165) is 19.6 Å². The Morgan fingerprint density at radius 3 is 3.06 bits per heavy atom. The van der Waals surface area contributed by atoms with Crippen LogP contribution >= 0.6 is 0 Å². The quantitative estimate of drug-likeness (QED) is 0.704. The van der Waals surface area contributed by atoms with E-state index in [-0.39, 0.29) is 5.91 Å². The van der Waals surface area contributed by atoms with Gasteiger partial charge in [0, 0.05) is 31.9 Å². The molecule has 0 aliphatic carbocycles. The number of aromatic nitrogens is 1. The van der Waals surface area contributed by atoms with Gasteiger partial charge in [0.15, 0.2) is 0 Å². The Labute approximate surface area is 94.6 Å². The van der Waals surface area contributed by atoms with Gasteiger partial charge in [-0.2, -0.15) is 0 Å². The van der Waals surface area contributed by atoms with Crippen LogP contribution in [0.5, 0.6) is 0 Å². The van der Waals surface area contributed by atoms with Crippen molar-refractivity contribution in [1.82, 2.24) is 15.2 Å². The van der Waals surface area contributed by atoms with Gasteiger partial charge in [-0.3, -0.25) is 4.79 Å². The SMILES string of the molecule is C[C@H]1CN(C(=O)c2ccc(N)nc2)CCN1. The molecule has 1 aromatic rings. The van der Waals surface area contributed by atoms with Gasteiger partial charge in [0.2, 0.25) is 0 Å². The van der Waals surface area contributed by atoms with Crippen molar-refractivity contribution in [2.45, 2.75) is 13.0 Å². The average molecular weight is 220 g/mol. The second-order valence-electron chi connectivity index (χ2n) is 4.08. The number of hydrogen-bond donors (Lipinski definition) is 2. The number of nitrogens with two attached hydrogens (primary N) is 1. The van der Waals surface area contributed by atoms with E-state index in [1.807, 2.05) is 4.90 Å². The maximum absolute atomic E-state index is 12.1. The van der Waals surface area contributed by atoms with Crippen molar-refractivity contribution in [3.8, 4) is 0 Å². The van der Waals surface area contributed by atoms with Crippen molar-refractivity contribution < 1.29 is 4.79 Å². The summed E-state index contributed by atoms with van der Waals surface area (Å²) < 4.78 is 0. The van der Waals surface area contributed by atoms with Gasteiger partial charge in [0.1, 0.15) is 5.82 Å². The molecule has 5 nitrogen and oxygen atoms in total. The van der Waals surface area contributed by atoms with Crippen molar-refractivity contribution in [3.05, 3.63) is 23.9 Å². The number of rotatable bonds is 1. The Balaban J connectivity index is 2.09. The fourth-order valence-electron chi connectivity index (χ4n) is 1.83. The zero-order valence-corrected chi connectivity index (χ0v) is 9.31. The zero-order valence-electron chi connectivity index (χ0n) is 9.31. The molecular weight excluding hydrogens is 204 g/mol. The number of carbonyl (C=O) groups is 1. The van der Waals surface area contributed by atoms with Gasteiger partial charge in [0.05, 0.1) is 5.56 Å². The zero-order chi connectivity index (χ0) is 11.5. The highest BCUT2D eigenvalue weighted by molar-refractivity contribution is 5.94. The topological polar surface area (TPSA) is 71.2 Å². The maximum Gasteiger partial charge on any atom is 0.255 e. The van der Waals surface area contributed by atoms with Crippen LogP contribution in [0.3, 0.4) is 0 Å². The Kier molecular flexibility index (Phi) is 3.05. The van der Waals surface area contributed by atoms with Crippen LogP contribution in [0, 0.1) is 0 Å². The fraction of sp³-hybridized carbons (Fsp3) is 0.455. The molecule has 1 atom stereocenters. The van der Waals surface area contributed by atoms with Gasteiger partial charge in [-0.25, -0.2) is 4.98 Å². The second kappa shape index (κ2) is 4.49. The molecule has 1 aromatic heterocycles. The Bertz CT molecular complexity index is 376. The van der Waals surface area contributed by atoms with Gasteiger partial charge >= 0.3 is 0 Å². The molecule has 5 heteroatoms. The normalized spacial score (nSPS) is 20.8. The molecule has 2 heterocycles. The summed E-state index contributed by atoms with van der Waals surface area (Å²) in [6.07, 6.45) is 1.53. The fourth-order valence-corrected chi connectivity index (χ4v) is 1.83. The Hall–Kier alpha value is -1.62. The van der Waals surface area contributed by atoms with E-state index in [9.17, 15) is 4.79 Å². The minimum absolute atomic E-state index is 0.0286. The summed E-state index contributed by atoms with van der Waals surface area (Å²) in [5.74, 6) is 0.464. The van der Waals surface area contributed by atoms with Crippen LogP contribution in [-0.2, 0) is 0 Å². The first-order valence-electron chi connectivity index (χ1n) is 5.41. The maximum atomic E-state index is 12.1. The number of amides is 1. The van der Waals surface area contributed by atoms with Crippen molar-refractivity contribution in [1.29, 1.82) is 0 Å². The molecule has 0 saturated carbocycles. The standard InChI is InChI=1S/C11H16N4O/c1-8-7-15(5-4-13-8)11(16)9-2-3-10(12)14-6-9/h2-3,6,8,13H,4-5,7H2,1H3,(H2,12,14)/t8-/m0/s1. The molecule has 0 aromatic carbocycles. The third-order valence-electron chi connectivity index (χ3n) is 2.69. The Morgan fingerprint density at radius 1 is 1.62 bits per heavy atom. The van der Waals surface area contributed by atoms with E-state index < -0.39 is 0 Å². The lowest BCUT2D eigenvalue weighted by Gasteiger charge is -2.31. The number of pyridine rings is 1. The van der Waals surface area contributed by atoms with E-state index in [1.54, 1.807) is 12.1 Å². The first-order valence-corrected chi connectivity index (χ1v) is 5.41. The summed E-state index contributed by atoms with van der Waals surface area (Å²) in [6, 6.07) is 3.72. The predicted octanol–water partition coefficient (Wildman–Crippen LogP) is 0.0977. The van der Waals surface area contributed by atoms with E-state index in [0.29, 0.717) is 17.4 Å². The molecular formula is C11H16N4O. The van der Waals surface area contributed by atoms with Gasteiger partial charge in [-0.1, -0.05) is 0 Å². The van der Waals surface area contributed by atoms with Crippen LogP contribution in [-0.4, -0.2) is 41.5 Å². The van der Waals surface area contributed by atoms with Crippen molar-refractivity contribution >= 4 is 11.7 Å². The van der Waals surface area contributed by atoms with Gasteiger partial charge in [-0.05, 0) is 19.1 Å². The van der Waals surface area contributed by atoms with Crippen LogP contribution < -0.4 is 11.1 Å². The molecule has 1 saturated heterocycles. The number of nitrogen functional groups attached to an aromatic ring is 1. The summed E-state index contributed by atoms with van der Waals surface area (Å²) >= 11 is 0. The van der Waals surface area contributed by atoms with Gasteiger partial charge < -0.3 is 16.0 Å². The molecule has 0 unspecified atom stereocenters. The molecule has 1 fully saturated rings. The number of piperazine rings is 1. The number of nitrogens with one attached hydrogen (secondary N) is 1. The summed E-state index contributed by atoms with van der Waals surface area (Å²) in [7, 11) is 0. The molecule has 1 amide bonds. The third-order valence-corrected chi connectivity index (χ3v) is 2.69. The van der Waals surface area contributed by atoms with Crippen LogP contribution in [0.4, 0.5) is 5.82 Å². The minimum Gasteiger partial charge on any atom is -0.384 e. The summed E-state index contributed by atoms with van der Waals surface area (Å²) in [5.41, 5.74) is 6.08. The highest BCUT2D eigenvalue weighted by atomic mass is 16.2. The minimum atomic E-state index is 0.0286. The van der Waals surface area contributed by atoms with Crippen molar-refractivity contribution in [2.24, 2.45) is 0 Å². The van der Waals surface area contributed by atoms with Crippen LogP contribution in [0.25, 0.3) is 0 Å². The molecule has 2 rings (SSSR count). The Morgan fingerprint density at radius 2 is 2.44 bits per heavy atom. The molecule has 1 aliphatic heterocycles. The van der Waals surface area contributed by atoms with Crippen molar-refractivity contribution in [2.75, 3.05) is 25.4 Å². The number of carbonyl (C=O) groups excluding carboxylic acids is 1. The van der Waals surface area contributed by atoms with Crippen LogP contribution in [0.15, 0.2) is 18.3 Å². The predicted molar refractivity (Wildman–Crippen MR) is 62.0 cm³/mol. The summed E-state index contributed by atoms with van der Waals surface area (Å²) in [4.78, 5) is 17.8. The van der Waals surface area contributed by atoms with E-state index in [2.05, 4.69) is 17.2 Å². The molecule has 16 heavy (non-hydrogen) atoms. The van der Waals surface area contributed by atoms with Gasteiger partial charge in [0.25, 0.3) is 5.91 Å². The summed E-state index contributed by atoms with van der Waals surface area (Å²) in [5, 5.41) is 3.30. The van der Waals surface area contributed by atoms with E-state index >= 15 is 0 Å². The number of anilines is 1. The first-order chi connectivity index (χ1) is 7.66. The molecule has 0 bridgehead atoms. The highest BCUT2D eigenvalue weighted by Crippen LogP contribution is 2.08. The third kappa shape index (κ3) is 2.30. The summed E-state index contributed by atoms with van der Waals surface area (Å²) in [6.45, 7) is 4.40. The van der Waals surface area contributed by atoms with E-state index in [4.69, 9.17) is 5.73 Å². The largest absolute Gasteiger partial charge is 0.384 e. The van der Waals surface area contributed by atoms with Crippen LogP contribution in [0.1, 0.15) is 17.3 Å². The number of nitrogens with zero attached hydrogens (tertiary/aromatic N) is 2. The lowest BCUT2D eigenvalue weighted by atomic mass is 10.2. The van der Waals surface area contributed by atoms with Crippen LogP contribution in [0.2, 0.25) is 0 Å². The smallest absolute Gasteiger partial charge is 0.255 e. The molecule has 86 valence electrons. The molecule has 1 aliphatic rings. The first kappa shape index (κ1) is 10.9. The lowest BCUT2D eigenvalue weighted by molar-refractivity contribution is 0.0708. The highest BCUT2D eigenvalue weighted by Gasteiger charge is 2.21. The van der Waals surface area contributed by atoms with Gasteiger partial charge in [-0.15, -0.1) is 0 Å². The lowest BCUT2D eigenvalue weighted by Crippen LogP contribution is -2.51. The monoisotopic (exact) mass is 220 g/mol. The second-order valence-corrected chi connectivity index (χ2v) is 4.08. The molecule has 0 radical (unpaired) electrons. The molecule has 0 spiro atoms.